The summed E-state index contributed by atoms with van der Waals surface area (Å²) in [5.41, 5.74) is 1.27. The van der Waals surface area contributed by atoms with Gasteiger partial charge >= 0.3 is 0 Å². The third-order valence-corrected chi connectivity index (χ3v) is 4.74. The van der Waals surface area contributed by atoms with Gasteiger partial charge < -0.3 is 10.1 Å². The lowest BCUT2D eigenvalue weighted by Gasteiger charge is -2.26. The molecule has 1 atom stereocenters. The Morgan fingerprint density at radius 2 is 1.81 bits per heavy atom. The highest BCUT2D eigenvalue weighted by Crippen LogP contribution is 2.26. The minimum atomic E-state index is 0.155. The maximum atomic E-state index is 6.28. The van der Waals surface area contributed by atoms with Crippen molar-refractivity contribution in [2.45, 2.75) is 58.1 Å². The van der Waals surface area contributed by atoms with E-state index in [1.807, 2.05) is 0 Å². The largest absolute Gasteiger partial charge is 0.372 e. The normalized spacial score (nSPS) is 18.1. The second kappa shape index (κ2) is 8.92. The third-order valence-electron chi connectivity index (χ3n) is 4.21. The van der Waals surface area contributed by atoms with Crippen molar-refractivity contribution in [3.8, 4) is 0 Å². The van der Waals surface area contributed by atoms with Gasteiger partial charge in [-0.15, -0.1) is 0 Å². The molecule has 118 valence electrons. The Kier molecular flexibility index (Phi) is 7.21. The molecule has 1 fully saturated rings. The van der Waals surface area contributed by atoms with Gasteiger partial charge in [0.05, 0.1) is 12.7 Å². The minimum Gasteiger partial charge on any atom is -0.372 e. The van der Waals surface area contributed by atoms with E-state index in [0.29, 0.717) is 6.04 Å². The van der Waals surface area contributed by atoms with Crippen LogP contribution in [0.5, 0.6) is 0 Å². The van der Waals surface area contributed by atoms with Gasteiger partial charge in [-0.05, 0) is 36.5 Å². The van der Waals surface area contributed by atoms with Crippen LogP contribution in [0.1, 0.15) is 57.6 Å². The number of halogens is 1. The van der Waals surface area contributed by atoms with Crippen molar-refractivity contribution in [3.05, 3.63) is 34.3 Å². The van der Waals surface area contributed by atoms with Crippen LogP contribution in [0.2, 0.25) is 0 Å². The molecule has 0 amide bonds. The fourth-order valence-electron chi connectivity index (χ4n) is 2.90. The maximum absolute atomic E-state index is 6.28. The van der Waals surface area contributed by atoms with Crippen molar-refractivity contribution in [2.75, 3.05) is 13.2 Å². The van der Waals surface area contributed by atoms with Crippen LogP contribution in [-0.4, -0.2) is 19.2 Å². The number of hydrogen-bond donors (Lipinski definition) is 1. The molecule has 1 aromatic rings. The molecule has 1 aliphatic carbocycles. The first-order chi connectivity index (χ1) is 10.1. The number of benzene rings is 1. The summed E-state index contributed by atoms with van der Waals surface area (Å²) >= 11 is 3.50. The maximum Gasteiger partial charge on any atom is 0.0949 e. The minimum absolute atomic E-state index is 0.155. The summed E-state index contributed by atoms with van der Waals surface area (Å²) in [4.78, 5) is 0. The molecule has 0 aliphatic heterocycles. The van der Waals surface area contributed by atoms with Crippen LogP contribution in [0.4, 0.5) is 0 Å². The summed E-state index contributed by atoms with van der Waals surface area (Å²) < 4.78 is 7.40. The number of hydrogen-bond acceptors (Lipinski definition) is 2. The number of nitrogens with one attached hydrogen (secondary N) is 1. The van der Waals surface area contributed by atoms with E-state index in [9.17, 15) is 0 Å². The van der Waals surface area contributed by atoms with E-state index in [-0.39, 0.29) is 6.10 Å². The first-order valence-corrected chi connectivity index (χ1v) is 9.05. The van der Waals surface area contributed by atoms with Gasteiger partial charge in [0.1, 0.15) is 0 Å². The van der Waals surface area contributed by atoms with E-state index >= 15 is 0 Å². The Bertz CT molecular complexity index is 398. The number of rotatable bonds is 7. The molecule has 0 heterocycles. The van der Waals surface area contributed by atoms with Crippen LogP contribution in [-0.2, 0) is 4.74 Å². The number of ether oxygens (including phenoxy) is 1. The molecular weight excluding hydrogens is 326 g/mol. The van der Waals surface area contributed by atoms with Crippen molar-refractivity contribution in [3.63, 3.8) is 0 Å². The van der Waals surface area contributed by atoms with Gasteiger partial charge in [0.2, 0.25) is 0 Å². The lowest BCUT2D eigenvalue weighted by Crippen LogP contribution is -2.30. The molecule has 1 aromatic carbocycles. The van der Waals surface area contributed by atoms with E-state index in [2.05, 4.69) is 59.4 Å². The van der Waals surface area contributed by atoms with Crippen LogP contribution in [0, 0.1) is 5.92 Å². The van der Waals surface area contributed by atoms with Crippen molar-refractivity contribution < 1.29 is 4.74 Å². The van der Waals surface area contributed by atoms with Gasteiger partial charge in [-0.3, -0.25) is 0 Å². The van der Waals surface area contributed by atoms with E-state index in [1.54, 1.807) is 0 Å². The molecule has 1 N–H and O–H groups in total. The van der Waals surface area contributed by atoms with Crippen LogP contribution in [0.3, 0.4) is 0 Å². The van der Waals surface area contributed by atoms with Crippen molar-refractivity contribution >= 4 is 15.9 Å². The van der Waals surface area contributed by atoms with Crippen molar-refractivity contribution in [1.82, 2.24) is 5.32 Å². The molecule has 1 unspecified atom stereocenters. The highest BCUT2D eigenvalue weighted by atomic mass is 79.9. The Labute approximate surface area is 137 Å². The molecule has 0 spiro atoms. The molecule has 21 heavy (non-hydrogen) atoms. The molecule has 2 nitrogen and oxygen atoms in total. The van der Waals surface area contributed by atoms with Gasteiger partial charge in [0.25, 0.3) is 0 Å². The lowest BCUT2D eigenvalue weighted by molar-refractivity contribution is 0.0190. The highest BCUT2D eigenvalue weighted by molar-refractivity contribution is 9.10. The average Bonchev–Trinajstić information content (AvgIpc) is 2.49. The molecule has 3 heteroatoms. The zero-order valence-electron chi connectivity index (χ0n) is 13.3. The molecular formula is C18H28BrNO. The predicted molar refractivity (Wildman–Crippen MR) is 92.5 cm³/mol. The quantitative estimate of drug-likeness (QED) is 0.737. The summed E-state index contributed by atoms with van der Waals surface area (Å²) in [6.07, 6.45) is 6.99. The first-order valence-electron chi connectivity index (χ1n) is 8.25. The van der Waals surface area contributed by atoms with Crippen LogP contribution >= 0.6 is 15.9 Å². The van der Waals surface area contributed by atoms with Gasteiger partial charge in [-0.2, -0.15) is 0 Å². The first kappa shape index (κ1) is 17.0. The Morgan fingerprint density at radius 1 is 1.14 bits per heavy atom. The summed E-state index contributed by atoms with van der Waals surface area (Å²) in [6, 6.07) is 9.01. The molecule has 0 aromatic heterocycles. The highest BCUT2D eigenvalue weighted by Gasteiger charge is 2.18. The predicted octanol–water partition coefficient (Wildman–Crippen LogP) is 5.09. The average molecular weight is 354 g/mol. The Hall–Kier alpha value is -0.380. The lowest BCUT2D eigenvalue weighted by atomic mass is 9.90. The SMILES string of the molecule is CC(C)NCC(OCC1CCCCC1)c1ccc(Br)cc1. The van der Waals surface area contributed by atoms with E-state index in [0.717, 1.165) is 23.5 Å². The Balaban J connectivity index is 1.92. The molecule has 0 bridgehead atoms. The van der Waals surface area contributed by atoms with Crippen molar-refractivity contribution in [2.24, 2.45) is 5.92 Å². The van der Waals surface area contributed by atoms with Crippen LogP contribution in [0.15, 0.2) is 28.7 Å². The van der Waals surface area contributed by atoms with Crippen molar-refractivity contribution in [1.29, 1.82) is 0 Å². The molecule has 2 rings (SSSR count). The zero-order chi connectivity index (χ0) is 15.1. The third kappa shape index (κ3) is 6.09. The summed E-state index contributed by atoms with van der Waals surface area (Å²) in [5.74, 6) is 0.760. The summed E-state index contributed by atoms with van der Waals surface area (Å²) in [5, 5.41) is 3.51. The molecule has 1 saturated carbocycles. The standard InChI is InChI=1S/C18H28BrNO/c1-14(2)20-12-18(16-8-10-17(19)11-9-16)21-13-15-6-4-3-5-7-15/h8-11,14-15,18,20H,3-7,12-13H2,1-2H3. The fourth-order valence-corrected chi connectivity index (χ4v) is 3.16. The van der Waals surface area contributed by atoms with Gasteiger partial charge in [0, 0.05) is 17.1 Å². The molecule has 1 aliphatic rings. The summed E-state index contributed by atoms with van der Waals surface area (Å²) in [7, 11) is 0. The van der Waals surface area contributed by atoms with E-state index in [4.69, 9.17) is 4.74 Å². The van der Waals surface area contributed by atoms with E-state index < -0.39 is 0 Å². The smallest absolute Gasteiger partial charge is 0.0949 e. The summed E-state index contributed by atoms with van der Waals surface area (Å²) in [6.45, 7) is 6.14. The Morgan fingerprint density at radius 3 is 2.43 bits per heavy atom. The van der Waals surface area contributed by atoms with Gasteiger partial charge in [-0.25, -0.2) is 0 Å². The van der Waals surface area contributed by atoms with E-state index in [1.165, 1.54) is 37.7 Å². The second-order valence-corrected chi connectivity index (χ2v) is 7.36. The fraction of sp³-hybridized carbons (Fsp3) is 0.667. The second-order valence-electron chi connectivity index (χ2n) is 6.44. The monoisotopic (exact) mass is 353 g/mol. The van der Waals surface area contributed by atoms with Crippen LogP contribution < -0.4 is 5.32 Å². The zero-order valence-corrected chi connectivity index (χ0v) is 14.9. The molecule has 0 radical (unpaired) electrons. The van der Waals surface area contributed by atoms with Crippen LogP contribution in [0.25, 0.3) is 0 Å². The van der Waals surface area contributed by atoms with Gasteiger partial charge in [0.15, 0.2) is 0 Å². The molecule has 0 saturated heterocycles. The van der Waals surface area contributed by atoms with Gasteiger partial charge in [-0.1, -0.05) is 61.2 Å². The topological polar surface area (TPSA) is 21.3 Å².